The molecule has 0 saturated heterocycles. The first-order valence-electron chi connectivity index (χ1n) is 11.1. The predicted octanol–water partition coefficient (Wildman–Crippen LogP) is 3.90. The normalized spacial score (nSPS) is 10.8. The molecule has 0 atom stereocenters. The van der Waals surface area contributed by atoms with Gasteiger partial charge in [-0.05, 0) is 54.1 Å². The summed E-state index contributed by atoms with van der Waals surface area (Å²) in [7, 11) is -1.24. The summed E-state index contributed by atoms with van der Waals surface area (Å²) in [6.45, 7) is -0.357. The second-order valence-electron chi connectivity index (χ2n) is 7.97. The highest BCUT2D eigenvalue weighted by Gasteiger charge is 2.19. The van der Waals surface area contributed by atoms with Gasteiger partial charge in [0.15, 0.2) is 6.61 Å². The van der Waals surface area contributed by atoms with E-state index < -0.39 is 34.5 Å². The molecule has 0 aliphatic heterocycles. The summed E-state index contributed by atoms with van der Waals surface area (Å²) in [5.74, 6) is -1.64. The maximum atomic E-state index is 12.5. The van der Waals surface area contributed by atoms with Crippen LogP contribution in [0, 0.1) is 0 Å². The third-order valence-corrected chi connectivity index (χ3v) is 6.74. The van der Waals surface area contributed by atoms with Crippen molar-refractivity contribution in [3.05, 3.63) is 88.4 Å². The Labute approximate surface area is 225 Å². The molecule has 3 rings (SSSR count). The molecule has 0 spiro atoms. The van der Waals surface area contributed by atoms with Gasteiger partial charge in [-0.2, -0.15) is 0 Å². The summed E-state index contributed by atoms with van der Waals surface area (Å²) >= 11 is 6.20. The van der Waals surface area contributed by atoms with Crippen LogP contribution >= 0.6 is 11.6 Å². The highest BCUT2D eigenvalue weighted by atomic mass is 35.5. The number of hydrogen-bond acceptors (Lipinski definition) is 8. The number of methoxy groups -OCH3 is 2. The van der Waals surface area contributed by atoms with Gasteiger partial charge in [-0.15, -0.1) is 0 Å². The van der Waals surface area contributed by atoms with Gasteiger partial charge in [0.1, 0.15) is 5.75 Å². The van der Waals surface area contributed by atoms with E-state index in [-0.39, 0.29) is 23.4 Å². The average molecular weight is 561 g/mol. The molecule has 38 heavy (non-hydrogen) atoms. The number of carbonyl (C=O) groups excluding carboxylic acids is 3. The fourth-order valence-corrected chi connectivity index (χ4v) is 4.48. The number of carbonyl (C=O) groups is 3. The highest BCUT2D eigenvalue weighted by molar-refractivity contribution is 7.92. The minimum absolute atomic E-state index is 0.0410. The van der Waals surface area contributed by atoms with Gasteiger partial charge in [0.2, 0.25) is 10.0 Å². The lowest BCUT2D eigenvalue weighted by atomic mass is 10.1. The van der Waals surface area contributed by atoms with Gasteiger partial charge in [0.25, 0.3) is 5.91 Å². The van der Waals surface area contributed by atoms with Crippen LogP contribution in [-0.2, 0) is 30.8 Å². The molecule has 200 valence electrons. The van der Waals surface area contributed by atoms with E-state index in [9.17, 15) is 22.8 Å². The van der Waals surface area contributed by atoms with Crippen LogP contribution < -0.4 is 14.4 Å². The molecule has 12 heteroatoms. The van der Waals surface area contributed by atoms with Crippen LogP contribution in [0.2, 0.25) is 5.02 Å². The molecule has 0 saturated carbocycles. The number of sulfonamides is 1. The van der Waals surface area contributed by atoms with E-state index in [2.05, 4.69) is 14.8 Å². The molecule has 10 nitrogen and oxygen atoms in total. The number of anilines is 2. The zero-order valence-electron chi connectivity index (χ0n) is 20.8. The Morgan fingerprint density at radius 1 is 0.895 bits per heavy atom. The number of halogens is 1. The number of hydrogen-bond donors (Lipinski definition) is 1. The van der Waals surface area contributed by atoms with Crippen molar-refractivity contribution in [3.8, 4) is 5.75 Å². The number of amides is 1. The molecule has 0 heterocycles. The highest BCUT2D eigenvalue weighted by Crippen LogP contribution is 2.26. The van der Waals surface area contributed by atoms with Gasteiger partial charge in [-0.1, -0.05) is 29.8 Å². The van der Waals surface area contributed by atoms with E-state index in [4.69, 9.17) is 16.3 Å². The quantitative estimate of drug-likeness (QED) is 0.370. The molecule has 0 aliphatic rings. The third kappa shape index (κ3) is 7.46. The molecule has 0 bridgehead atoms. The number of nitrogens with zero attached hydrogens (tertiary/aromatic N) is 1. The smallest absolute Gasteiger partial charge is 0.337 e. The summed E-state index contributed by atoms with van der Waals surface area (Å²) in [4.78, 5) is 36.3. The van der Waals surface area contributed by atoms with Gasteiger partial charge in [-0.25, -0.2) is 18.0 Å². The van der Waals surface area contributed by atoms with Gasteiger partial charge in [0.05, 0.1) is 43.8 Å². The Morgan fingerprint density at radius 2 is 1.47 bits per heavy atom. The first-order valence-corrected chi connectivity index (χ1v) is 13.3. The molecule has 1 N–H and O–H groups in total. The first-order chi connectivity index (χ1) is 18.0. The first kappa shape index (κ1) is 28.5. The van der Waals surface area contributed by atoms with E-state index in [1.54, 1.807) is 36.4 Å². The van der Waals surface area contributed by atoms with E-state index in [0.717, 1.165) is 6.26 Å². The molecular weight excluding hydrogens is 536 g/mol. The van der Waals surface area contributed by atoms with Crippen molar-refractivity contribution in [3.63, 3.8) is 0 Å². The Hall–Kier alpha value is -4.09. The Morgan fingerprint density at radius 3 is 2.00 bits per heavy atom. The van der Waals surface area contributed by atoms with Crippen molar-refractivity contribution in [1.29, 1.82) is 0 Å². The van der Waals surface area contributed by atoms with E-state index in [1.807, 2.05) is 0 Å². The molecule has 3 aromatic carbocycles. The zero-order chi connectivity index (χ0) is 27.9. The molecule has 0 radical (unpaired) electrons. The number of benzene rings is 3. The van der Waals surface area contributed by atoms with Crippen LogP contribution in [0.3, 0.4) is 0 Å². The summed E-state index contributed by atoms with van der Waals surface area (Å²) in [6, 6.07) is 17.1. The SMILES string of the molecule is COC(=O)c1cc(NC(=O)COc2ccc(N(Cc3ccccc3Cl)S(C)(=O)=O)cc2)cc(C(=O)OC)c1. The molecule has 3 aromatic rings. The number of nitrogens with one attached hydrogen (secondary N) is 1. The van der Waals surface area contributed by atoms with Gasteiger partial charge in [-0.3, -0.25) is 9.10 Å². The van der Waals surface area contributed by atoms with Crippen LogP contribution in [0.1, 0.15) is 26.3 Å². The minimum atomic E-state index is -3.63. The second-order valence-corrected chi connectivity index (χ2v) is 10.3. The van der Waals surface area contributed by atoms with Crippen molar-refractivity contribution in [2.24, 2.45) is 0 Å². The maximum Gasteiger partial charge on any atom is 0.337 e. The Balaban J connectivity index is 1.69. The van der Waals surface area contributed by atoms with Gasteiger partial charge in [0, 0.05) is 10.7 Å². The minimum Gasteiger partial charge on any atom is -0.484 e. The number of esters is 2. The van der Waals surface area contributed by atoms with Gasteiger partial charge < -0.3 is 19.5 Å². The van der Waals surface area contributed by atoms with E-state index in [1.165, 1.54) is 48.9 Å². The van der Waals surface area contributed by atoms with Crippen molar-refractivity contribution >= 4 is 50.8 Å². The molecule has 1 amide bonds. The van der Waals surface area contributed by atoms with Crippen molar-refractivity contribution < 1.29 is 37.0 Å². The summed E-state index contributed by atoms with van der Waals surface area (Å²) in [5.41, 5.74) is 1.30. The standard InChI is InChI=1S/C26H25ClN2O8S/c1-35-25(31)18-12-19(26(32)36-2)14-20(13-18)28-24(30)16-37-22-10-8-21(9-11-22)29(38(3,33)34)15-17-6-4-5-7-23(17)27/h4-14H,15-16H2,1-3H3,(H,28,30). The molecule has 0 fully saturated rings. The summed E-state index contributed by atoms with van der Waals surface area (Å²) in [6.07, 6.45) is 1.10. The number of rotatable bonds is 10. The summed E-state index contributed by atoms with van der Waals surface area (Å²) in [5, 5.41) is 3.00. The van der Waals surface area contributed by atoms with Crippen molar-refractivity contribution in [1.82, 2.24) is 0 Å². The lowest BCUT2D eigenvalue weighted by molar-refractivity contribution is -0.118. The van der Waals surface area contributed by atoms with Crippen molar-refractivity contribution in [2.45, 2.75) is 6.54 Å². The van der Waals surface area contributed by atoms with Crippen LogP contribution in [-0.4, -0.2) is 53.3 Å². The van der Waals surface area contributed by atoms with Gasteiger partial charge >= 0.3 is 11.9 Å². The fraction of sp³-hybridized carbons (Fsp3) is 0.192. The monoisotopic (exact) mass is 560 g/mol. The van der Waals surface area contributed by atoms with Crippen LogP contribution in [0.25, 0.3) is 0 Å². The van der Waals surface area contributed by atoms with Crippen LogP contribution in [0.4, 0.5) is 11.4 Å². The topological polar surface area (TPSA) is 128 Å². The fourth-order valence-electron chi connectivity index (χ4n) is 3.41. The molecular formula is C26H25ClN2O8S. The molecule has 0 aliphatic carbocycles. The van der Waals surface area contributed by atoms with Crippen LogP contribution in [0.5, 0.6) is 5.75 Å². The lowest BCUT2D eigenvalue weighted by Gasteiger charge is -2.23. The Kier molecular flexibility index (Phi) is 9.32. The summed E-state index contributed by atoms with van der Waals surface area (Å²) < 4.78 is 40.9. The van der Waals surface area contributed by atoms with E-state index >= 15 is 0 Å². The number of ether oxygens (including phenoxy) is 3. The molecule has 0 aromatic heterocycles. The van der Waals surface area contributed by atoms with Crippen LogP contribution in [0.15, 0.2) is 66.7 Å². The Bertz CT molecular complexity index is 1410. The molecule has 0 unspecified atom stereocenters. The average Bonchev–Trinajstić information content (AvgIpc) is 2.90. The van der Waals surface area contributed by atoms with Crippen molar-refractivity contribution in [2.75, 3.05) is 36.7 Å². The lowest BCUT2D eigenvalue weighted by Crippen LogP contribution is -2.29. The zero-order valence-corrected chi connectivity index (χ0v) is 22.3. The predicted molar refractivity (Wildman–Crippen MR) is 142 cm³/mol. The third-order valence-electron chi connectivity index (χ3n) is 5.23. The maximum absolute atomic E-state index is 12.5. The second kappa shape index (κ2) is 12.4. The van der Waals surface area contributed by atoms with E-state index in [0.29, 0.717) is 22.0 Å². The largest absolute Gasteiger partial charge is 0.484 e.